The number of para-hydroxylation sites is 1. The van der Waals surface area contributed by atoms with E-state index in [1.54, 1.807) is 0 Å². The Bertz CT molecular complexity index is 2240. The summed E-state index contributed by atoms with van der Waals surface area (Å²) in [5, 5.41) is 1.19. The lowest BCUT2D eigenvalue weighted by Crippen LogP contribution is -2.31. The van der Waals surface area contributed by atoms with Crippen LogP contribution in [0.15, 0.2) is 176 Å². The molecule has 0 fully saturated rings. The molecule has 0 radical (unpaired) electrons. The SMILES string of the molecule is c1ccc(-c2cc(-c3ccccc3)nc(-n3c4c(c5ccccc53)-c3ccccc3C4(c3ccccc3)c3ccccc3)n2)cc1. The number of hydrogen-bond acceptors (Lipinski definition) is 2. The lowest BCUT2D eigenvalue weighted by molar-refractivity contribution is 0.708. The molecule has 0 amide bonds. The summed E-state index contributed by atoms with van der Waals surface area (Å²) in [6.07, 6.45) is 0. The van der Waals surface area contributed by atoms with Crippen LogP contribution < -0.4 is 0 Å². The number of fused-ring (bicyclic) bond motifs is 5. The quantitative estimate of drug-likeness (QED) is 0.201. The predicted molar refractivity (Wildman–Crippen MR) is 187 cm³/mol. The van der Waals surface area contributed by atoms with Gasteiger partial charge in [0.05, 0.1) is 28.0 Å². The first-order chi connectivity index (χ1) is 22.8. The van der Waals surface area contributed by atoms with Crippen molar-refractivity contribution in [3.8, 4) is 39.6 Å². The van der Waals surface area contributed by atoms with E-state index in [1.165, 1.54) is 33.2 Å². The average Bonchev–Trinajstić information content (AvgIpc) is 3.64. The van der Waals surface area contributed by atoms with Crippen LogP contribution in [0.2, 0.25) is 0 Å². The molecule has 6 aromatic carbocycles. The fraction of sp³-hybridized carbons (Fsp3) is 0.0233. The number of hydrogen-bond donors (Lipinski definition) is 0. The minimum absolute atomic E-state index is 0.605. The molecule has 0 bridgehead atoms. The van der Waals surface area contributed by atoms with Gasteiger partial charge in [0.1, 0.15) is 0 Å². The Hall–Kier alpha value is -6.06. The molecule has 1 aliphatic rings. The highest BCUT2D eigenvalue weighted by Crippen LogP contribution is 2.59. The lowest BCUT2D eigenvalue weighted by atomic mass is 9.69. The van der Waals surface area contributed by atoms with Gasteiger partial charge in [-0.2, -0.15) is 0 Å². The smallest absolute Gasteiger partial charge is 0.235 e. The third-order valence-electron chi connectivity index (χ3n) is 9.30. The zero-order valence-corrected chi connectivity index (χ0v) is 25.1. The summed E-state index contributed by atoms with van der Waals surface area (Å²) in [6, 6.07) is 62.3. The van der Waals surface area contributed by atoms with Crippen LogP contribution in [-0.4, -0.2) is 14.5 Å². The lowest BCUT2D eigenvalue weighted by Gasteiger charge is -2.34. The molecule has 3 heteroatoms. The highest BCUT2D eigenvalue weighted by molar-refractivity contribution is 6.05. The molecule has 216 valence electrons. The van der Waals surface area contributed by atoms with E-state index in [4.69, 9.17) is 9.97 Å². The van der Waals surface area contributed by atoms with Crippen LogP contribution in [0.1, 0.15) is 22.4 Å². The number of rotatable bonds is 5. The number of aromatic nitrogens is 3. The topological polar surface area (TPSA) is 30.7 Å². The van der Waals surface area contributed by atoms with Gasteiger partial charge in [-0.25, -0.2) is 9.97 Å². The molecule has 3 nitrogen and oxygen atoms in total. The van der Waals surface area contributed by atoms with Gasteiger partial charge < -0.3 is 0 Å². The highest BCUT2D eigenvalue weighted by atomic mass is 15.2. The summed E-state index contributed by atoms with van der Waals surface area (Å²) in [7, 11) is 0. The van der Waals surface area contributed by atoms with Gasteiger partial charge in [0.25, 0.3) is 0 Å². The minimum atomic E-state index is -0.605. The normalized spacial score (nSPS) is 13.0. The van der Waals surface area contributed by atoms with E-state index in [0.717, 1.165) is 33.7 Å². The summed E-state index contributed by atoms with van der Waals surface area (Å²) in [5.74, 6) is 0.654. The molecule has 1 aliphatic carbocycles. The van der Waals surface area contributed by atoms with Crippen molar-refractivity contribution in [2.45, 2.75) is 5.41 Å². The van der Waals surface area contributed by atoms with Gasteiger partial charge in [-0.1, -0.05) is 164 Å². The van der Waals surface area contributed by atoms with Crippen LogP contribution >= 0.6 is 0 Å². The maximum absolute atomic E-state index is 5.37. The maximum Gasteiger partial charge on any atom is 0.235 e. The van der Waals surface area contributed by atoms with Gasteiger partial charge >= 0.3 is 0 Å². The van der Waals surface area contributed by atoms with Gasteiger partial charge in [0, 0.05) is 22.1 Å². The molecular weight excluding hydrogens is 558 g/mol. The monoisotopic (exact) mass is 587 g/mol. The molecule has 0 atom stereocenters. The van der Waals surface area contributed by atoms with E-state index >= 15 is 0 Å². The fourth-order valence-electron chi connectivity index (χ4n) is 7.41. The standard InChI is InChI=1S/C43H29N3/c1-5-17-30(18-6-1)37-29-38(31-19-7-2-8-20-31)45-42(44-37)46-39-28-16-14-26-35(39)40-34-25-13-15-27-36(34)43(41(40)46,32-21-9-3-10-22-32)33-23-11-4-12-24-33/h1-29H. The molecule has 0 aliphatic heterocycles. The molecule has 2 heterocycles. The van der Waals surface area contributed by atoms with E-state index < -0.39 is 5.41 Å². The van der Waals surface area contributed by atoms with Crippen molar-refractivity contribution in [3.05, 3.63) is 198 Å². The number of benzene rings is 6. The van der Waals surface area contributed by atoms with Gasteiger partial charge in [-0.15, -0.1) is 0 Å². The van der Waals surface area contributed by atoms with Crippen molar-refractivity contribution in [3.63, 3.8) is 0 Å². The molecule has 9 rings (SSSR count). The Labute approximate surface area is 268 Å². The van der Waals surface area contributed by atoms with E-state index in [0.29, 0.717) is 5.95 Å². The molecular formula is C43H29N3. The Morgan fingerprint density at radius 3 is 1.52 bits per heavy atom. The van der Waals surface area contributed by atoms with E-state index in [1.807, 2.05) is 12.1 Å². The van der Waals surface area contributed by atoms with Crippen LogP contribution in [0.5, 0.6) is 0 Å². The molecule has 46 heavy (non-hydrogen) atoms. The number of nitrogens with zero attached hydrogens (tertiary/aromatic N) is 3. The van der Waals surface area contributed by atoms with Crippen molar-refractivity contribution < 1.29 is 0 Å². The van der Waals surface area contributed by atoms with Crippen LogP contribution in [0.25, 0.3) is 50.5 Å². The summed E-state index contributed by atoms with van der Waals surface area (Å²) < 4.78 is 2.34. The summed E-state index contributed by atoms with van der Waals surface area (Å²) >= 11 is 0. The first-order valence-corrected chi connectivity index (χ1v) is 15.7. The molecule has 0 unspecified atom stereocenters. The van der Waals surface area contributed by atoms with Gasteiger partial charge in [-0.05, 0) is 34.4 Å². The third-order valence-corrected chi connectivity index (χ3v) is 9.30. The van der Waals surface area contributed by atoms with Crippen molar-refractivity contribution in [2.24, 2.45) is 0 Å². The van der Waals surface area contributed by atoms with Crippen LogP contribution in [0.4, 0.5) is 0 Å². The zero-order chi connectivity index (χ0) is 30.5. The second kappa shape index (κ2) is 10.5. The largest absolute Gasteiger partial charge is 0.280 e. The Balaban J connectivity index is 1.47. The maximum atomic E-state index is 5.37. The van der Waals surface area contributed by atoms with Crippen LogP contribution in [-0.2, 0) is 5.41 Å². The van der Waals surface area contributed by atoms with E-state index in [-0.39, 0.29) is 0 Å². The van der Waals surface area contributed by atoms with Gasteiger partial charge in [-0.3, -0.25) is 4.57 Å². The van der Waals surface area contributed by atoms with Crippen molar-refractivity contribution in [2.75, 3.05) is 0 Å². The fourth-order valence-corrected chi connectivity index (χ4v) is 7.41. The molecule has 0 saturated carbocycles. The van der Waals surface area contributed by atoms with E-state index in [2.05, 4.69) is 168 Å². The van der Waals surface area contributed by atoms with Crippen molar-refractivity contribution >= 4 is 10.9 Å². The first kappa shape index (κ1) is 26.4. The third kappa shape index (κ3) is 3.85. The van der Waals surface area contributed by atoms with Crippen LogP contribution in [0, 0.1) is 0 Å². The van der Waals surface area contributed by atoms with Gasteiger partial charge in [0.2, 0.25) is 5.95 Å². The highest BCUT2D eigenvalue weighted by Gasteiger charge is 2.50. The minimum Gasteiger partial charge on any atom is -0.280 e. The molecule has 8 aromatic rings. The predicted octanol–water partition coefficient (Wildman–Crippen LogP) is 10.1. The van der Waals surface area contributed by atoms with E-state index in [9.17, 15) is 0 Å². The second-order valence-corrected chi connectivity index (χ2v) is 11.8. The Morgan fingerprint density at radius 2 is 0.935 bits per heavy atom. The summed E-state index contributed by atoms with van der Waals surface area (Å²) in [5.41, 5.74) is 11.7. The first-order valence-electron chi connectivity index (χ1n) is 15.7. The van der Waals surface area contributed by atoms with Crippen LogP contribution in [0.3, 0.4) is 0 Å². The summed E-state index contributed by atoms with van der Waals surface area (Å²) in [6.45, 7) is 0. The van der Waals surface area contributed by atoms with Crippen molar-refractivity contribution in [1.29, 1.82) is 0 Å². The van der Waals surface area contributed by atoms with Crippen molar-refractivity contribution in [1.82, 2.24) is 14.5 Å². The summed E-state index contributed by atoms with van der Waals surface area (Å²) in [4.78, 5) is 10.7. The second-order valence-electron chi connectivity index (χ2n) is 11.8. The Kier molecular flexibility index (Phi) is 6.04. The molecule has 0 saturated heterocycles. The molecule has 0 N–H and O–H groups in total. The zero-order valence-electron chi connectivity index (χ0n) is 25.1. The molecule has 0 spiro atoms. The Morgan fingerprint density at radius 1 is 0.457 bits per heavy atom. The molecule has 2 aromatic heterocycles. The van der Waals surface area contributed by atoms with Gasteiger partial charge in [0.15, 0.2) is 0 Å². The average molecular weight is 588 g/mol.